The number of hydrogen-bond acceptors (Lipinski definition) is 3. The van der Waals surface area contributed by atoms with Crippen LogP contribution in [0.25, 0.3) is 0 Å². The van der Waals surface area contributed by atoms with Crippen LogP contribution >= 0.6 is 0 Å². The molecule has 1 saturated heterocycles. The quantitative estimate of drug-likeness (QED) is 0.852. The first kappa shape index (κ1) is 17.0. The average molecular weight is 324 g/mol. The zero-order chi connectivity index (χ0) is 16.5. The highest BCUT2D eigenvalue weighted by atomic mass is 32.2. The van der Waals surface area contributed by atoms with Crippen molar-refractivity contribution in [3.05, 3.63) is 34.9 Å². The fraction of sp³-hybridized carbons (Fsp3) is 0.562. The molecule has 6 heteroatoms. The predicted octanol–water partition coefficient (Wildman–Crippen LogP) is 1.84. The van der Waals surface area contributed by atoms with E-state index in [0.717, 1.165) is 16.7 Å². The Morgan fingerprint density at radius 2 is 1.73 bits per heavy atom. The summed E-state index contributed by atoms with van der Waals surface area (Å²) in [7, 11) is -3.17. The van der Waals surface area contributed by atoms with E-state index < -0.39 is 10.0 Å². The number of amides is 1. The smallest absolute Gasteiger partial charge is 0.254 e. The maximum Gasteiger partial charge on any atom is 0.254 e. The Morgan fingerprint density at radius 1 is 1.14 bits per heavy atom. The summed E-state index contributed by atoms with van der Waals surface area (Å²) in [6.07, 6.45) is 1.21. The molecule has 1 aromatic carbocycles. The standard InChI is InChI=1S/C16H24N2O3S/c1-12(2)14-6-5-13(3)15(11-14)16(19)17-7-9-18(10-8-17)22(4,20)21/h5-6,11-12H,7-10H2,1-4H3. The van der Waals surface area contributed by atoms with E-state index in [-0.39, 0.29) is 5.91 Å². The van der Waals surface area contributed by atoms with Crippen molar-refractivity contribution in [2.75, 3.05) is 32.4 Å². The average Bonchev–Trinajstić information content (AvgIpc) is 2.46. The lowest BCUT2D eigenvalue weighted by Gasteiger charge is -2.33. The molecular formula is C16H24N2O3S. The lowest BCUT2D eigenvalue weighted by atomic mass is 9.97. The van der Waals surface area contributed by atoms with E-state index in [2.05, 4.69) is 19.9 Å². The normalized spacial score (nSPS) is 17.0. The highest BCUT2D eigenvalue weighted by molar-refractivity contribution is 7.88. The first-order chi connectivity index (χ1) is 10.2. The van der Waals surface area contributed by atoms with Crippen molar-refractivity contribution in [2.45, 2.75) is 26.7 Å². The van der Waals surface area contributed by atoms with Gasteiger partial charge in [-0.25, -0.2) is 8.42 Å². The molecule has 0 spiro atoms. The molecule has 0 unspecified atom stereocenters. The van der Waals surface area contributed by atoms with Crippen LogP contribution in [0, 0.1) is 6.92 Å². The second kappa shape index (κ2) is 6.38. The minimum atomic E-state index is -3.17. The Balaban J connectivity index is 2.15. The SMILES string of the molecule is Cc1ccc(C(C)C)cc1C(=O)N1CCN(S(C)(=O)=O)CC1. The minimum Gasteiger partial charge on any atom is -0.336 e. The molecule has 1 aliphatic rings. The Bertz CT molecular complexity index is 660. The van der Waals surface area contributed by atoms with E-state index in [9.17, 15) is 13.2 Å². The summed E-state index contributed by atoms with van der Waals surface area (Å²) in [5.74, 6) is 0.363. The number of rotatable bonds is 3. The van der Waals surface area contributed by atoms with Gasteiger partial charge in [-0.05, 0) is 30.0 Å². The van der Waals surface area contributed by atoms with Crippen molar-refractivity contribution >= 4 is 15.9 Å². The van der Waals surface area contributed by atoms with E-state index in [0.29, 0.717) is 32.1 Å². The van der Waals surface area contributed by atoms with Gasteiger partial charge in [0.25, 0.3) is 5.91 Å². The number of piperazine rings is 1. The van der Waals surface area contributed by atoms with Crippen LogP contribution in [-0.4, -0.2) is 56.0 Å². The highest BCUT2D eigenvalue weighted by Gasteiger charge is 2.27. The fourth-order valence-corrected chi connectivity index (χ4v) is 3.45. The summed E-state index contributed by atoms with van der Waals surface area (Å²) < 4.78 is 24.5. The number of sulfonamides is 1. The van der Waals surface area contributed by atoms with Crippen LogP contribution < -0.4 is 0 Å². The number of hydrogen-bond donors (Lipinski definition) is 0. The zero-order valence-corrected chi connectivity index (χ0v) is 14.5. The summed E-state index contributed by atoms with van der Waals surface area (Å²) in [5, 5.41) is 0. The third-order valence-electron chi connectivity index (χ3n) is 4.15. The van der Waals surface area contributed by atoms with Crippen molar-refractivity contribution in [3.63, 3.8) is 0 Å². The van der Waals surface area contributed by atoms with Gasteiger partial charge in [-0.2, -0.15) is 4.31 Å². The van der Waals surface area contributed by atoms with Gasteiger partial charge in [0.15, 0.2) is 0 Å². The number of carbonyl (C=O) groups is 1. The van der Waals surface area contributed by atoms with E-state index >= 15 is 0 Å². The number of carbonyl (C=O) groups excluding carboxylic acids is 1. The van der Waals surface area contributed by atoms with Crippen LogP contribution in [0.3, 0.4) is 0 Å². The largest absolute Gasteiger partial charge is 0.336 e. The van der Waals surface area contributed by atoms with Crippen molar-refractivity contribution in [1.29, 1.82) is 0 Å². The predicted molar refractivity (Wildman–Crippen MR) is 87.6 cm³/mol. The molecule has 1 aromatic rings. The molecule has 2 rings (SSSR count). The summed E-state index contributed by atoms with van der Waals surface area (Å²) in [6.45, 7) is 7.76. The monoisotopic (exact) mass is 324 g/mol. The van der Waals surface area contributed by atoms with Crippen LogP contribution in [0.15, 0.2) is 18.2 Å². The first-order valence-electron chi connectivity index (χ1n) is 7.55. The van der Waals surface area contributed by atoms with Gasteiger partial charge in [-0.1, -0.05) is 26.0 Å². The van der Waals surface area contributed by atoms with Crippen molar-refractivity contribution in [3.8, 4) is 0 Å². The second-order valence-corrected chi connectivity index (χ2v) is 8.17. The minimum absolute atomic E-state index is 0.00634. The van der Waals surface area contributed by atoms with Gasteiger partial charge in [0, 0.05) is 31.7 Å². The molecule has 0 bridgehead atoms. The summed E-state index contributed by atoms with van der Waals surface area (Å²) in [4.78, 5) is 14.5. The molecule has 0 aliphatic carbocycles. The molecular weight excluding hydrogens is 300 g/mol. The molecule has 1 fully saturated rings. The van der Waals surface area contributed by atoms with Gasteiger partial charge in [0.2, 0.25) is 10.0 Å². The lowest BCUT2D eigenvalue weighted by Crippen LogP contribution is -2.50. The Hall–Kier alpha value is -1.40. The molecule has 0 radical (unpaired) electrons. The van der Waals surface area contributed by atoms with Gasteiger partial charge in [-0.15, -0.1) is 0 Å². The van der Waals surface area contributed by atoms with Crippen LogP contribution in [-0.2, 0) is 10.0 Å². The molecule has 1 heterocycles. The molecule has 0 N–H and O–H groups in total. The van der Waals surface area contributed by atoms with Crippen LogP contribution in [0.1, 0.15) is 41.3 Å². The fourth-order valence-electron chi connectivity index (χ4n) is 2.62. The zero-order valence-electron chi connectivity index (χ0n) is 13.7. The number of aryl methyl sites for hydroxylation is 1. The Labute approximate surface area is 133 Å². The van der Waals surface area contributed by atoms with E-state index in [1.165, 1.54) is 10.6 Å². The van der Waals surface area contributed by atoms with Gasteiger partial charge < -0.3 is 4.90 Å². The van der Waals surface area contributed by atoms with Crippen LogP contribution in [0.2, 0.25) is 0 Å². The molecule has 0 saturated carbocycles. The molecule has 1 aliphatic heterocycles. The lowest BCUT2D eigenvalue weighted by molar-refractivity contribution is 0.0697. The highest BCUT2D eigenvalue weighted by Crippen LogP contribution is 2.20. The van der Waals surface area contributed by atoms with Crippen LogP contribution in [0.4, 0.5) is 0 Å². The van der Waals surface area contributed by atoms with E-state index in [1.807, 2.05) is 19.1 Å². The summed E-state index contributed by atoms with van der Waals surface area (Å²) >= 11 is 0. The maximum absolute atomic E-state index is 12.7. The van der Waals surface area contributed by atoms with Gasteiger partial charge in [-0.3, -0.25) is 4.79 Å². The van der Waals surface area contributed by atoms with Gasteiger partial charge in [0.05, 0.1) is 6.26 Å². The first-order valence-corrected chi connectivity index (χ1v) is 9.40. The third-order valence-corrected chi connectivity index (χ3v) is 5.46. The molecule has 5 nitrogen and oxygen atoms in total. The molecule has 122 valence electrons. The summed E-state index contributed by atoms with van der Waals surface area (Å²) in [6, 6.07) is 6.00. The molecule has 0 atom stereocenters. The molecule has 22 heavy (non-hydrogen) atoms. The number of nitrogens with zero attached hydrogens (tertiary/aromatic N) is 2. The summed E-state index contributed by atoms with van der Waals surface area (Å²) in [5.41, 5.74) is 2.82. The van der Waals surface area contributed by atoms with Crippen LogP contribution in [0.5, 0.6) is 0 Å². The molecule has 0 aromatic heterocycles. The number of benzene rings is 1. The van der Waals surface area contributed by atoms with Gasteiger partial charge >= 0.3 is 0 Å². The van der Waals surface area contributed by atoms with E-state index in [1.54, 1.807) is 4.90 Å². The van der Waals surface area contributed by atoms with Crippen molar-refractivity contribution in [1.82, 2.24) is 9.21 Å². The second-order valence-electron chi connectivity index (χ2n) is 6.18. The van der Waals surface area contributed by atoms with Crippen molar-refractivity contribution in [2.24, 2.45) is 0 Å². The maximum atomic E-state index is 12.7. The topological polar surface area (TPSA) is 57.7 Å². The van der Waals surface area contributed by atoms with E-state index in [4.69, 9.17) is 0 Å². The van der Waals surface area contributed by atoms with Gasteiger partial charge in [0.1, 0.15) is 0 Å². The third kappa shape index (κ3) is 3.67. The van der Waals surface area contributed by atoms with Crippen molar-refractivity contribution < 1.29 is 13.2 Å². The Morgan fingerprint density at radius 3 is 2.23 bits per heavy atom. The molecule has 1 amide bonds. The Kier molecular flexibility index (Phi) is 4.92.